The highest BCUT2D eigenvalue weighted by Crippen LogP contribution is 2.34. The largest absolute Gasteiger partial charge is 0.327 e. The molecular formula is C16H34N4. The Labute approximate surface area is 124 Å². The topological polar surface area (TPSA) is 58.5 Å². The molecule has 0 bridgehead atoms. The molecule has 3 fully saturated rings. The molecule has 4 heteroatoms. The number of likely N-dealkylation sites (tertiary alicyclic amines) is 2. The molecule has 2 aliphatic heterocycles. The van der Waals surface area contributed by atoms with Gasteiger partial charge in [0.05, 0.1) is 0 Å². The summed E-state index contributed by atoms with van der Waals surface area (Å²) < 4.78 is 0. The van der Waals surface area contributed by atoms with E-state index in [1.807, 2.05) is 0 Å². The quantitative estimate of drug-likeness (QED) is 0.699. The van der Waals surface area contributed by atoms with Crippen LogP contribution in [0, 0.1) is 11.8 Å². The zero-order valence-corrected chi connectivity index (χ0v) is 13.6. The van der Waals surface area contributed by atoms with Crippen molar-refractivity contribution >= 4 is 0 Å². The van der Waals surface area contributed by atoms with Crippen molar-refractivity contribution in [1.82, 2.24) is 9.80 Å². The van der Waals surface area contributed by atoms with Gasteiger partial charge in [0.15, 0.2) is 0 Å². The van der Waals surface area contributed by atoms with E-state index in [1.54, 1.807) is 0 Å². The normalized spacial score (nSPS) is 42.8. The van der Waals surface area contributed by atoms with Gasteiger partial charge in [-0.15, -0.1) is 0 Å². The van der Waals surface area contributed by atoms with Crippen LogP contribution in [0.4, 0.5) is 0 Å². The van der Waals surface area contributed by atoms with Crippen molar-refractivity contribution in [1.29, 1.82) is 0 Å². The van der Waals surface area contributed by atoms with Gasteiger partial charge in [0, 0.05) is 31.2 Å². The molecule has 0 spiro atoms. The van der Waals surface area contributed by atoms with Gasteiger partial charge >= 0.3 is 0 Å². The van der Waals surface area contributed by atoms with E-state index >= 15 is 0 Å². The number of likely N-dealkylation sites (N-methyl/N-ethyl adjacent to an activating group) is 1. The minimum Gasteiger partial charge on any atom is -0.327 e. The highest BCUT2D eigenvalue weighted by atomic mass is 15.1. The van der Waals surface area contributed by atoms with E-state index in [0.717, 1.165) is 18.4 Å². The Kier molecular flexibility index (Phi) is 5.46. The average molecular weight is 282 g/mol. The second-order valence-electron chi connectivity index (χ2n) is 7.74. The monoisotopic (exact) mass is 282 g/mol. The minimum atomic E-state index is 0.0764. The molecule has 0 radical (unpaired) electrons. The third kappa shape index (κ3) is 4.42. The van der Waals surface area contributed by atoms with E-state index in [4.69, 9.17) is 11.5 Å². The Morgan fingerprint density at radius 1 is 1.05 bits per heavy atom. The molecule has 0 aromatic carbocycles. The predicted octanol–water partition coefficient (Wildman–Crippen LogP) is 1.10. The zero-order chi connectivity index (χ0) is 14.8. The first-order valence-corrected chi connectivity index (χ1v) is 8.29. The average Bonchev–Trinajstić information content (AvgIpc) is 2.70. The van der Waals surface area contributed by atoms with Crippen molar-refractivity contribution < 1.29 is 0 Å². The van der Waals surface area contributed by atoms with Gasteiger partial charge in [0.25, 0.3) is 0 Å². The number of hydrogen-bond donors (Lipinski definition) is 2. The lowest BCUT2D eigenvalue weighted by Crippen LogP contribution is -2.50. The van der Waals surface area contributed by atoms with Crippen molar-refractivity contribution in [3.8, 4) is 0 Å². The molecular weight excluding hydrogens is 248 g/mol. The van der Waals surface area contributed by atoms with E-state index in [-0.39, 0.29) is 5.54 Å². The third-order valence-corrected chi connectivity index (χ3v) is 5.26. The van der Waals surface area contributed by atoms with Crippen LogP contribution >= 0.6 is 0 Å². The Hall–Kier alpha value is -0.160. The number of piperidine rings is 1. The summed E-state index contributed by atoms with van der Waals surface area (Å²) in [4.78, 5) is 4.73. The van der Waals surface area contributed by atoms with Gasteiger partial charge in [-0.2, -0.15) is 0 Å². The standard InChI is InChI=1S/C9H18N2.C7H16N2/c1-11-5-7-3-2-4-9(10)8(7)6-11;1-7(8)4-3-5-9(2)6-7/h7-9H,2-6,10H2,1H3;3-6,8H2,1-2H3/t7-,8+,9?;7-/m11/s1. The predicted molar refractivity (Wildman–Crippen MR) is 85.6 cm³/mol. The molecule has 0 aromatic rings. The second-order valence-corrected chi connectivity index (χ2v) is 7.74. The first-order valence-electron chi connectivity index (χ1n) is 8.29. The Morgan fingerprint density at radius 3 is 2.35 bits per heavy atom. The fourth-order valence-electron chi connectivity index (χ4n) is 4.27. The number of fused-ring (bicyclic) bond motifs is 1. The third-order valence-electron chi connectivity index (χ3n) is 5.26. The molecule has 4 atom stereocenters. The summed E-state index contributed by atoms with van der Waals surface area (Å²) in [5, 5.41) is 0. The maximum Gasteiger partial charge on any atom is 0.0255 e. The highest BCUT2D eigenvalue weighted by Gasteiger charge is 2.36. The maximum atomic E-state index is 6.06. The van der Waals surface area contributed by atoms with Crippen LogP contribution in [0.3, 0.4) is 0 Å². The van der Waals surface area contributed by atoms with Crippen LogP contribution in [-0.2, 0) is 0 Å². The molecule has 1 unspecified atom stereocenters. The SMILES string of the molecule is CN1CCC[C@@](C)(N)C1.CN1C[C@H]2CCCC(N)[C@H]2C1. The van der Waals surface area contributed by atoms with Crippen molar-refractivity contribution in [2.45, 2.75) is 50.6 Å². The van der Waals surface area contributed by atoms with Gasteiger partial charge in [0.2, 0.25) is 0 Å². The number of nitrogens with zero attached hydrogens (tertiary/aromatic N) is 2. The lowest BCUT2D eigenvalue weighted by atomic mass is 9.78. The van der Waals surface area contributed by atoms with E-state index in [1.165, 1.54) is 51.7 Å². The van der Waals surface area contributed by atoms with E-state index in [9.17, 15) is 0 Å². The summed E-state index contributed by atoms with van der Waals surface area (Å²) in [7, 11) is 4.34. The number of rotatable bonds is 0. The molecule has 3 aliphatic rings. The highest BCUT2D eigenvalue weighted by molar-refractivity contribution is 4.92. The zero-order valence-electron chi connectivity index (χ0n) is 13.6. The summed E-state index contributed by atoms with van der Waals surface area (Å²) in [6.45, 7) is 6.92. The Morgan fingerprint density at radius 2 is 1.80 bits per heavy atom. The van der Waals surface area contributed by atoms with Crippen LogP contribution in [0.25, 0.3) is 0 Å². The van der Waals surface area contributed by atoms with Crippen LogP contribution < -0.4 is 11.5 Å². The molecule has 118 valence electrons. The number of nitrogens with two attached hydrogens (primary N) is 2. The molecule has 3 rings (SSSR count). The molecule has 2 heterocycles. The molecule has 0 amide bonds. The lowest BCUT2D eigenvalue weighted by Gasteiger charge is -2.35. The van der Waals surface area contributed by atoms with Gasteiger partial charge in [-0.3, -0.25) is 0 Å². The summed E-state index contributed by atoms with van der Waals surface area (Å²) in [6.07, 6.45) is 6.47. The van der Waals surface area contributed by atoms with E-state index in [2.05, 4.69) is 30.8 Å². The summed E-state index contributed by atoms with van der Waals surface area (Å²) >= 11 is 0. The molecule has 20 heavy (non-hydrogen) atoms. The fourth-order valence-corrected chi connectivity index (χ4v) is 4.27. The van der Waals surface area contributed by atoms with Gasteiger partial charge < -0.3 is 21.3 Å². The summed E-state index contributed by atoms with van der Waals surface area (Å²) in [6, 6.07) is 0.499. The fraction of sp³-hybridized carbons (Fsp3) is 1.00. The molecule has 0 aromatic heterocycles. The van der Waals surface area contributed by atoms with Gasteiger partial charge in [-0.05, 0) is 65.1 Å². The van der Waals surface area contributed by atoms with Crippen LogP contribution in [0.1, 0.15) is 39.0 Å². The minimum absolute atomic E-state index is 0.0764. The van der Waals surface area contributed by atoms with Crippen molar-refractivity contribution in [3.05, 3.63) is 0 Å². The van der Waals surface area contributed by atoms with Crippen LogP contribution in [-0.4, -0.2) is 61.7 Å². The molecule has 1 saturated carbocycles. The van der Waals surface area contributed by atoms with Gasteiger partial charge in [0.1, 0.15) is 0 Å². The molecule has 2 saturated heterocycles. The molecule has 4 nitrogen and oxygen atoms in total. The molecule has 4 N–H and O–H groups in total. The maximum absolute atomic E-state index is 6.06. The first kappa shape index (κ1) is 16.2. The van der Waals surface area contributed by atoms with Crippen LogP contribution in [0.15, 0.2) is 0 Å². The molecule has 1 aliphatic carbocycles. The summed E-state index contributed by atoms with van der Waals surface area (Å²) in [5.74, 6) is 1.73. The van der Waals surface area contributed by atoms with Crippen LogP contribution in [0.2, 0.25) is 0 Å². The Balaban J connectivity index is 0.000000151. The van der Waals surface area contributed by atoms with Gasteiger partial charge in [-0.1, -0.05) is 6.42 Å². The van der Waals surface area contributed by atoms with Crippen LogP contribution in [0.5, 0.6) is 0 Å². The van der Waals surface area contributed by atoms with Gasteiger partial charge in [-0.25, -0.2) is 0 Å². The van der Waals surface area contributed by atoms with E-state index < -0.39 is 0 Å². The second kappa shape index (κ2) is 6.73. The van der Waals surface area contributed by atoms with E-state index in [0.29, 0.717) is 6.04 Å². The number of hydrogen-bond acceptors (Lipinski definition) is 4. The van der Waals surface area contributed by atoms with Crippen molar-refractivity contribution in [2.75, 3.05) is 40.3 Å². The smallest absolute Gasteiger partial charge is 0.0255 e. The Bertz CT molecular complexity index is 305. The lowest BCUT2D eigenvalue weighted by molar-refractivity contribution is 0.192. The first-order chi connectivity index (χ1) is 9.37. The van der Waals surface area contributed by atoms with Crippen molar-refractivity contribution in [3.63, 3.8) is 0 Å². The van der Waals surface area contributed by atoms with Crippen molar-refractivity contribution in [2.24, 2.45) is 23.3 Å². The summed E-state index contributed by atoms with van der Waals surface area (Å²) in [5.41, 5.74) is 12.1.